The molecule has 1 fully saturated rings. The fraction of sp³-hybridized carbons (Fsp3) is 0.381. The number of carbonyl (C=O) groups excluding carboxylic acids is 1. The van der Waals surface area contributed by atoms with E-state index in [1.165, 1.54) is 19.3 Å². The molecule has 25 heavy (non-hydrogen) atoms. The monoisotopic (exact) mass is 337 g/mol. The summed E-state index contributed by atoms with van der Waals surface area (Å²) in [5.41, 5.74) is 3.13. The molecule has 0 aromatic heterocycles. The van der Waals surface area contributed by atoms with Crippen LogP contribution in [0.4, 0.5) is 0 Å². The van der Waals surface area contributed by atoms with Crippen molar-refractivity contribution in [2.75, 3.05) is 33.4 Å². The van der Waals surface area contributed by atoms with Gasteiger partial charge in [-0.05, 0) is 38.1 Å². The van der Waals surface area contributed by atoms with Crippen LogP contribution < -0.4 is 9.47 Å². The predicted octanol–water partition coefficient (Wildman–Crippen LogP) is 3.77. The Morgan fingerprint density at radius 2 is 1.56 bits per heavy atom. The minimum Gasteiger partial charge on any atom is -0.496 e. The summed E-state index contributed by atoms with van der Waals surface area (Å²) in [6.45, 7) is 3.88. The van der Waals surface area contributed by atoms with Crippen LogP contribution in [0.15, 0.2) is 36.4 Å². The zero-order chi connectivity index (χ0) is 17.2. The van der Waals surface area contributed by atoms with Crippen LogP contribution >= 0.6 is 0 Å². The molecule has 2 aromatic rings. The fourth-order valence-corrected chi connectivity index (χ4v) is 3.86. The van der Waals surface area contributed by atoms with Crippen LogP contribution in [-0.2, 0) is 0 Å². The number of ether oxygens (including phenoxy) is 2. The molecule has 130 valence electrons. The molecule has 0 amide bonds. The van der Waals surface area contributed by atoms with Crippen LogP contribution in [0.5, 0.6) is 11.5 Å². The number of carbonyl (C=O) groups is 1. The molecule has 1 heterocycles. The van der Waals surface area contributed by atoms with E-state index in [9.17, 15) is 4.79 Å². The van der Waals surface area contributed by atoms with Gasteiger partial charge in [-0.3, -0.25) is 9.69 Å². The number of piperidine rings is 1. The van der Waals surface area contributed by atoms with E-state index in [4.69, 9.17) is 9.47 Å². The van der Waals surface area contributed by atoms with Gasteiger partial charge in [0, 0.05) is 28.8 Å². The second-order valence-corrected chi connectivity index (χ2v) is 6.64. The summed E-state index contributed by atoms with van der Waals surface area (Å²) in [6, 6.07) is 11.3. The van der Waals surface area contributed by atoms with Crippen molar-refractivity contribution in [3.8, 4) is 22.6 Å². The number of rotatable bonds is 5. The summed E-state index contributed by atoms with van der Waals surface area (Å²) in [5, 5.41) is 0. The largest absolute Gasteiger partial charge is 0.496 e. The topological polar surface area (TPSA) is 38.8 Å². The van der Waals surface area contributed by atoms with Gasteiger partial charge in [0.2, 0.25) is 0 Å². The lowest BCUT2D eigenvalue weighted by Gasteiger charge is -2.26. The number of nitrogens with zero attached hydrogens (tertiary/aromatic N) is 1. The second kappa shape index (κ2) is 6.89. The number of hydrogen-bond acceptors (Lipinski definition) is 4. The summed E-state index contributed by atoms with van der Waals surface area (Å²) < 4.78 is 11.6. The first-order valence-electron chi connectivity index (χ1n) is 9.00. The number of benzene rings is 2. The average Bonchev–Trinajstić information content (AvgIpc) is 2.96. The van der Waals surface area contributed by atoms with Gasteiger partial charge in [0.25, 0.3) is 0 Å². The number of ketones is 1. The number of methoxy groups -OCH3 is 1. The maximum absolute atomic E-state index is 12.7. The third kappa shape index (κ3) is 2.91. The van der Waals surface area contributed by atoms with E-state index in [2.05, 4.69) is 4.90 Å². The third-order valence-electron chi connectivity index (χ3n) is 5.13. The smallest absolute Gasteiger partial charge is 0.194 e. The first kappa shape index (κ1) is 16.2. The van der Waals surface area contributed by atoms with E-state index < -0.39 is 0 Å². The highest BCUT2D eigenvalue weighted by Crippen LogP contribution is 2.47. The molecule has 0 spiro atoms. The lowest BCUT2D eigenvalue weighted by molar-refractivity contribution is 0.104. The van der Waals surface area contributed by atoms with Gasteiger partial charge >= 0.3 is 0 Å². The standard InChI is InChI=1S/C21H23NO3/c1-24-17-9-5-7-15-19(17)20-16(21(15)23)8-6-10-18(20)25-14-13-22-11-3-2-4-12-22/h5-10H,2-4,11-14H2,1H3. The summed E-state index contributed by atoms with van der Waals surface area (Å²) in [7, 11) is 1.64. The Hall–Kier alpha value is -2.33. The summed E-state index contributed by atoms with van der Waals surface area (Å²) in [4.78, 5) is 15.2. The predicted molar refractivity (Wildman–Crippen MR) is 97.6 cm³/mol. The molecule has 0 saturated carbocycles. The Morgan fingerprint density at radius 1 is 0.920 bits per heavy atom. The molecule has 1 aliphatic carbocycles. The highest BCUT2D eigenvalue weighted by Gasteiger charge is 2.32. The summed E-state index contributed by atoms with van der Waals surface area (Å²) >= 11 is 0. The molecule has 4 rings (SSSR count). The fourth-order valence-electron chi connectivity index (χ4n) is 3.86. The van der Waals surface area contributed by atoms with Crippen molar-refractivity contribution in [2.45, 2.75) is 19.3 Å². The van der Waals surface area contributed by atoms with Crippen molar-refractivity contribution in [1.82, 2.24) is 4.90 Å². The van der Waals surface area contributed by atoms with Crippen molar-refractivity contribution in [1.29, 1.82) is 0 Å². The van der Waals surface area contributed by atoms with Crippen LogP contribution in [0.25, 0.3) is 11.1 Å². The van der Waals surface area contributed by atoms with Crippen molar-refractivity contribution in [3.63, 3.8) is 0 Å². The van der Waals surface area contributed by atoms with Gasteiger partial charge in [0.15, 0.2) is 5.78 Å². The van der Waals surface area contributed by atoms with Crippen LogP contribution in [0, 0.1) is 0 Å². The quantitative estimate of drug-likeness (QED) is 0.710. The first-order valence-corrected chi connectivity index (χ1v) is 9.00. The van der Waals surface area contributed by atoms with Gasteiger partial charge in [-0.25, -0.2) is 0 Å². The molecular formula is C21H23NO3. The van der Waals surface area contributed by atoms with Gasteiger partial charge in [-0.1, -0.05) is 30.7 Å². The zero-order valence-corrected chi connectivity index (χ0v) is 14.6. The molecule has 4 nitrogen and oxygen atoms in total. The molecule has 2 aromatic carbocycles. The molecule has 0 radical (unpaired) electrons. The van der Waals surface area contributed by atoms with Crippen LogP contribution in [-0.4, -0.2) is 44.0 Å². The normalized spacial score (nSPS) is 16.4. The SMILES string of the molecule is COc1cccc2c1-c1c(OCCN3CCCCC3)cccc1C2=O. The van der Waals surface area contributed by atoms with Crippen molar-refractivity contribution in [2.24, 2.45) is 0 Å². The number of fused-ring (bicyclic) bond motifs is 3. The van der Waals surface area contributed by atoms with Gasteiger partial charge in [0.05, 0.1) is 7.11 Å². The molecule has 0 unspecified atom stereocenters. The lowest BCUT2D eigenvalue weighted by Crippen LogP contribution is -2.33. The first-order chi connectivity index (χ1) is 12.3. The molecule has 0 N–H and O–H groups in total. The number of hydrogen-bond donors (Lipinski definition) is 0. The summed E-state index contributed by atoms with van der Waals surface area (Å²) in [5.74, 6) is 1.54. The summed E-state index contributed by atoms with van der Waals surface area (Å²) in [6.07, 6.45) is 3.89. The van der Waals surface area contributed by atoms with Crippen LogP contribution in [0.3, 0.4) is 0 Å². The van der Waals surface area contributed by atoms with Gasteiger partial charge in [0.1, 0.15) is 18.1 Å². The molecule has 1 saturated heterocycles. The minimum absolute atomic E-state index is 0.0466. The highest BCUT2D eigenvalue weighted by atomic mass is 16.5. The molecule has 2 aliphatic rings. The van der Waals surface area contributed by atoms with Gasteiger partial charge in [-0.2, -0.15) is 0 Å². The van der Waals surface area contributed by atoms with Crippen LogP contribution in [0.1, 0.15) is 35.2 Å². The van der Waals surface area contributed by atoms with E-state index in [1.807, 2.05) is 36.4 Å². The maximum Gasteiger partial charge on any atom is 0.194 e. The van der Waals surface area contributed by atoms with Crippen molar-refractivity contribution >= 4 is 5.78 Å². The zero-order valence-electron chi connectivity index (χ0n) is 14.6. The maximum atomic E-state index is 12.7. The Kier molecular flexibility index (Phi) is 4.45. The highest BCUT2D eigenvalue weighted by molar-refractivity contribution is 6.23. The minimum atomic E-state index is 0.0466. The molecule has 1 aliphatic heterocycles. The van der Waals surface area contributed by atoms with Crippen LogP contribution in [0.2, 0.25) is 0 Å². The molecule has 4 heteroatoms. The van der Waals surface area contributed by atoms with E-state index in [0.717, 1.165) is 42.3 Å². The molecule has 0 bridgehead atoms. The second-order valence-electron chi connectivity index (χ2n) is 6.64. The Morgan fingerprint density at radius 3 is 2.24 bits per heavy atom. The van der Waals surface area contributed by atoms with Crippen molar-refractivity contribution in [3.05, 3.63) is 47.5 Å². The molecule has 0 atom stereocenters. The Balaban J connectivity index is 1.60. The average molecular weight is 337 g/mol. The van der Waals surface area contributed by atoms with E-state index in [0.29, 0.717) is 17.7 Å². The van der Waals surface area contributed by atoms with E-state index >= 15 is 0 Å². The van der Waals surface area contributed by atoms with E-state index in [-0.39, 0.29) is 5.78 Å². The molecular weight excluding hydrogens is 314 g/mol. The third-order valence-corrected chi connectivity index (χ3v) is 5.13. The Bertz CT molecular complexity index is 794. The lowest BCUT2D eigenvalue weighted by atomic mass is 10.0. The van der Waals surface area contributed by atoms with E-state index in [1.54, 1.807) is 7.11 Å². The van der Waals surface area contributed by atoms with Crippen molar-refractivity contribution < 1.29 is 14.3 Å². The van der Waals surface area contributed by atoms with Gasteiger partial charge in [-0.15, -0.1) is 0 Å². The Labute approximate surface area is 148 Å². The van der Waals surface area contributed by atoms with Gasteiger partial charge < -0.3 is 9.47 Å². The number of likely N-dealkylation sites (tertiary alicyclic amines) is 1.